The van der Waals surface area contributed by atoms with Gasteiger partial charge in [-0.15, -0.1) is 34.0 Å². The van der Waals surface area contributed by atoms with Crippen LogP contribution in [0.2, 0.25) is 0 Å². The summed E-state index contributed by atoms with van der Waals surface area (Å²) in [7, 11) is 0. The fraction of sp³-hybridized carbons (Fsp3) is 0.190. The average Bonchev–Trinajstić information content (AvgIpc) is 2.61. The number of aromatic nitrogens is 1. The van der Waals surface area contributed by atoms with Gasteiger partial charge in [-0.05, 0) is 49.2 Å². The van der Waals surface area contributed by atoms with Gasteiger partial charge in [0.05, 0.1) is 0 Å². The maximum atomic E-state index is 4.00. The Balaban J connectivity index is 0.00000288. The van der Waals surface area contributed by atoms with Gasteiger partial charge in [0.2, 0.25) is 0 Å². The lowest BCUT2D eigenvalue weighted by Crippen LogP contribution is -2.21. The molecule has 0 radical (unpaired) electrons. The number of allylic oxidation sites excluding steroid dienone is 4. The van der Waals surface area contributed by atoms with Crippen LogP contribution in [0.5, 0.6) is 0 Å². The van der Waals surface area contributed by atoms with Gasteiger partial charge in [0.1, 0.15) is 0 Å². The standard InChI is InChI=1S/C21H24N2.2BrH/c1-3-23(4-2)21-13-11-19(12-14-21)9-7-5-6-8-10-20-15-17-22-18-16-20;;/h5-18H,3-4H2,1-2H3;2*1H. The minimum absolute atomic E-state index is 0. The molecule has 0 saturated heterocycles. The number of halogens is 2. The van der Waals surface area contributed by atoms with E-state index >= 15 is 0 Å². The van der Waals surface area contributed by atoms with Crippen molar-refractivity contribution in [1.82, 2.24) is 4.98 Å². The summed E-state index contributed by atoms with van der Waals surface area (Å²) >= 11 is 0. The van der Waals surface area contributed by atoms with E-state index in [2.05, 4.69) is 66.2 Å². The Hall–Kier alpha value is -1.65. The molecule has 134 valence electrons. The molecule has 1 aromatic carbocycles. The SMILES string of the molecule is Br.Br.CCN(CC)c1ccc(C=CC=CC=Cc2ccncc2)cc1. The molecule has 0 spiro atoms. The maximum absolute atomic E-state index is 4.00. The van der Waals surface area contributed by atoms with Crippen LogP contribution in [0.1, 0.15) is 25.0 Å². The van der Waals surface area contributed by atoms with Crippen molar-refractivity contribution in [3.05, 3.63) is 84.2 Å². The third kappa shape index (κ3) is 8.32. The topological polar surface area (TPSA) is 16.1 Å². The first-order valence-corrected chi connectivity index (χ1v) is 8.10. The van der Waals surface area contributed by atoms with Crippen LogP contribution >= 0.6 is 34.0 Å². The highest BCUT2D eigenvalue weighted by molar-refractivity contribution is 8.93. The van der Waals surface area contributed by atoms with Crippen molar-refractivity contribution in [3.8, 4) is 0 Å². The summed E-state index contributed by atoms with van der Waals surface area (Å²) in [6.07, 6.45) is 15.9. The number of benzene rings is 1. The zero-order valence-electron chi connectivity index (χ0n) is 14.7. The number of rotatable bonds is 7. The largest absolute Gasteiger partial charge is 0.372 e. The summed E-state index contributed by atoms with van der Waals surface area (Å²) in [6.45, 7) is 6.44. The van der Waals surface area contributed by atoms with Crippen molar-refractivity contribution in [2.45, 2.75) is 13.8 Å². The number of pyridine rings is 1. The summed E-state index contributed by atoms with van der Waals surface area (Å²) in [5.41, 5.74) is 3.65. The van der Waals surface area contributed by atoms with Crippen LogP contribution in [-0.4, -0.2) is 18.1 Å². The molecule has 1 aromatic heterocycles. The van der Waals surface area contributed by atoms with Gasteiger partial charge in [-0.1, -0.05) is 48.6 Å². The minimum atomic E-state index is 0. The number of hydrogen-bond acceptors (Lipinski definition) is 2. The van der Waals surface area contributed by atoms with Gasteiger partial charge >= 0.3 is 0 Å². The number of hydrogen-bond donors (Lipinski definition) is 0. The van der Waals surface area contributed by atoms with E-state index in [-0.39, 0.29) is 34.0 Å². The summed E-state index contributed by atoms with van der Waals surface area (Å²) in [4.78, 5) is 6.34. The monoisotopic (exact) mass is 464 g/mol. The molecule has 0 bridgehead atoms. The van der Waals surface area contributed by atoms with Crippen molar-refractivity contribution < 1.29 is 0 Å². The molecule has 0 aliphatic rings. The minimum Gasteiger partial charge on any atom is -0.372 e. The Morgan fingerprint density at radius 2 is 1.20 bits per heavy atom. The van der Waals surface area contributed by atoms with Crippen LogP contribution < -0.4 is 4.90 Å². The van der Waals surface area contributed by atoms with Gasteiger partial charge in [-0.25, -0.2) is 0 Å². The summed E-state index contributed by atoms with van der Waals surface area (Å²) < 4.78 is 0. The molecule has 0 aliphatic heterocycles. The molecule has 2 rings (SSSR count). The quantitative estimate of drug-likeness (QED) is 0.441. The molecule has 0 N–H and O–H groups in total. The first kappa shape index (κ1) is 23.4. The first-order chi connectivity index (χ1) is 11.3. The van der Waals surface area contributed by atoms with Crippen LogP contribution in [0.15, 0.2) is 73.1 Å². The molecule has 0 atom stereocenters. The summed E-state index contributed by atoms with van der Waals surface area (Å²) in [6, 6.07) is 12.6. The zero-order valence-corrected chi connectivity index (χ0v) is 18.1. The van der Waals surface area contributed by atoms with E-state index in [4.69, 9.17) is 0 Å². The van der Waals surface area contributed by atoms with Crippen molar-refractivity contribution in [2.75, 3.05) is 18.0 Å². The van der Waals surface area contributed by atoms with E-state index in [1.807, 2.05) is 30.4 Å². The molecule has 4 heteroatoms. The Morgan fingerprint density at radius 1 is 0.720 bits per heavy atom. The van der Waals surface area contributed by atoms with Crippen LogP contribution in [0.25, 0.3) is 12.2 Å². The number of anilines is 1. The molecular weight excluding hydrogens is 440 g/mol. The molecule has 2 nitrogen and oxygen atoms in total. The lowest BCUT2D eigenvalue weighted by Gasteiger charge is -2.20. The normalized spacial score (nSPS) is 10.8. The smallest absolute Gasteiger partial charge is 0.0366 e. The number of nitrogens with zero attached hydrogens (tertiary/aromatic N) is 2. The van der Waals surface area contributed by atoms with E-state index < -0.39 is 0 Å². The molecule has 0 fully saturated rings. The lowest BCUT2D eigenvalue weighted by atomic mass is 10.1. The highest BCUT2D eigenvalue weighted by atomic mass is 79.9. The van der Waals surface area contributed by atoms with Gasteiger partial charge in [0.15, 0.2) is 0 Å². The molecule has 0 amide bonds. The second kappa shape index (κ2) is 13.6. The van der Waals surface area contributed by atoms with Gasteiger partial charge in [-0.3, -0.25) is 4.98 Å². The van der Waals surface area contributed by atoms with E-state index in [1.165, 1.54) is 11.3 Å². The molecule has 25 heavy (non-hydrogen) atoms. The molecule has 1 heterocycles. The highest BCUT2D eigenvalue weighted by Gasteiger charge is 1.99. The van der Waals surface area contributed by atoms with E-state index in [0.717, 1.165) is 18.7 Å². The van der Waals surface area contributed by atoms with Crippen molar-refractivity contribution in [1.29, 1.82) is 0 Å². The molecule has 2 aromatic rings. The predicted molar refractivity (Wildman–Crippen MR) is 122 cm³/mol. The Morgan fingerprint density at radius 3 is 1.68 bits per heavy atom. The van der Waals surface area contributed by atoms with Gasteiger partial charge < -0.3 is 4.90 Å². The van der Waals surface area contributed by atoms with Crippen molar-refractivity contribution >= 4 is 51.8 Å². The molecule has 0 unspecified atom stereocenters. The van der Waals surface area contributed by atoms with E-state index in [9.17, 15) is 0 Å². The van der Waals surface area contributed by atoms with Crippen LogP contribution in [-0.2, 0) is 0 Å². The van der Waals surface area contributed by atoms with Crippen molar-refractivity contribution in [3.63, 3.8) is 0 Å². The van der Waals surface area contributed by atoms with E-state index in [1.54, 1.807) is 12.4 Å². The Kier molecular flexibility index (Phi) is 12.7. The van der Waals surface area contributed by atoms with E-state index in [0.29, 0.717) is 0 Å². The third-order valence-corrected chi connectivity index (χ3v) is 3.64. The summed E-state index contributed by atoms with van der Waals surface area (Å²) in [5.74, 6) is 0. The second-order valence-electron chi connectivity index (χ2n) is 5.15. The predicted octanol–water partition coefficient (Wildman–Crippen LogP) is 6.37. The maximum Gasteiger partial charge on any atom is 0.0366 e. The van der Waals surface area contributed by atoms with Gasteiger partial charge in [0.25, 0.3) is 0 Å². The third-order valence-electron chi connectivity index (χ3n) is 3.64. The Bertz CT molecular complexity index is 658. The fourth-order valence-electron chi connectivity index (χ4n) is 2.32. The van der Waals surface area contributed by atoms with Gasteiger partial charge in [-0.2, -0.15) is 0 Å². The van der Waals surface area contributed by atoms with Crippen LogP contribution in [0, 0.1) is 0 Å². The molecule has 0 saturated carbocycles. The summed E-state index contributed by atoms with van der Waals surface area (Å²) in [5, 5.41) is 0. The van der Waals surface area contributed by atoms with Crippen LogP contribution in [0.3, 0.4) is 0 Å². The highest BCUT2D eigenvalue weighted by Crippen LogP contribution is 2.15. The molecular formula is C21H26Br2N2. The zero-order chi connectivity index (χ0) is 16.3. The Labute approximate surface area is 172 Å². The van der Waals surface area contributed by atoms with Crippen LogP contribution in [0.4, 0.5) is 5.69 Å². The van der Waals surface area contributed by atoms with Crippen molar-refractivity contribution in [2.24, 2.45) is 0 Å². The lowest BCUT2D eigenvalue weighted by molar-refractivity contribution is 0.866. The second-order valence-corrected chi connectivity index (χ2v) is 5.15. The molecule has 0 aliphatic carbocycles. The average molecular weight is 466 g/mol. The first-order valence-electron chi connectivity index (χ1n) is 8.10. The van der Waals surface area contributed by atoms with Gasteiger partial charge in [0, 0.05) is 31.2 Å². The fourth-order valence-corrected chi connectivity index (χ4v) is 2.32.